The van der Waals surface area contributed by atoms with E-state index < -0.39 is 0 Å². The van der Waals surface area contributed by atoms with E-state index in [-0.39, 0.29) is 0 Å². The van der Waals surface area contributed by atoms with E-state index in [1.807, 2.05) is 0 Å². The molecule has 0 rings (SSSR count). The van der Waals surface area contributed by atoms with Crippen molar-refractivity contribution in [3.05, 3.63) is 0 Å². The van der Waals surface area contributed by atoms with Gasteiger partial charge in [0, 0.05) is 13.2 Å². The second-order valence-electron chi connectivity index (χ2n) is 4.00. The van der Waals surface area contributed by atoms with Crippen LogP contribution in [0.25, 0.3) is 0 Å². The Hall–Kier alpha value is -0.0800. The number of unbranched alkanes of at least 4 members (excludes halogenated alkanes) is 3. The minimum atomic E-state index is 0.761. The van der Waals surface area contributed by atoms with Gasteiger partial charge in [-0.1, -0.05) is 26.7 Å². The van der Waals surface area contributed by atoms with E-state index in [4.69, 9.17) is 10.5 Å². The Bertz CT molecular complexity index is 94.1. The zero-order chi connectivity index (χ0) is 9.94. The summed E-state index contributed by atoms with van der Waals surface area (Å²) in [4.78, 5) is 0. The number of hydrogen-bond donors (Lipinski definition) is 1. The average molecular weight is 187 g/mol. The van der Waals surface area contributed by atoms with Crippen LogP contribution in [0.1, 0.15) is 46.0 Å². The topological polar surface area (TPSA) is 35.2 Å². The molecule has 80 valence electrons. The average Bonchev–Trinajstić information content (AvgIpc) is 2.09. The molecule has 0 aromatic carbocycles. The minimum Gasteiger partial charge on any atom is -0.381 e. The van der Waals surface area contributed by atoms with E-state index in [2.05, 4.69) is 13.8 Å². The third-order valence-electron chi connectivity index (χ3n) is 2.08. The van der Waals surface area contributed by atoms with E-state index >= 15 is 0 Å². The molecule has 0 unspecified atom stereocenters. The van der Waals surface area contributed by atoms with Crippen molar-refractivity contribution in [1.29, 1.82) is 0 Å². The van der Waals surface area contributed by atoms with Gasteiger partial charge in [0.05, 0.1) is 0 Å². The molecule has 0 aromatic rings. The Balaban J connectivity index is 2.84. The van der Waals surface area contributed by atoms with Gasteiger partial charge >= 0.3 is 0 Å². The fourth-order valence-electron chi connectivity index (χ4n) is 1.12. The molecule has 0 aromatic heterocycles. The van der Waals surface area contributed by atoms with Crippen molar-refractivity contribution in [2.45, 2.75) is 46.0 Å². The van der Waals surface area contributed by atoms with Crippen LogP contribution in [-0.2, 0) is 4.74 Å². The van der Waals surface area contributed by atoms with Crippen molar-refractivity contribution >= 4 is 0 Å². The zero-order valence-electron chi connectivity index (χ0n) is 9.22. The smallest absolute Gasteiger partial charge is 0.0468 e. The van der Waals surface area contributed by atoms with Crippen LogP contribution in [0.15, 0.2) is 0 Å². The summed E-state index contributed by atoms with van der Waals surface area (Å²) >= 11 is 0. The quantitative estimate of drug-likeness (QED) is 0.563. The highest BCUT2D eigenvalue weighted by molar-refractivity contribution is 4.45. The van der Waals surface area contributed by atoms with Crippen LogP contribution in [0.3, 0.4) is 0 Å². The van der Waals surface area contributed by atoms with Crippen LogP contribution >= 0.6 is 0 Å². The highest BCUT2D eigenvalue weighted by atomic mass is 16.5. The van der Waals surface area contributed by atoms with Gasteiger partial charge in [-0.2, -0.15) is 0 Å². The second kappa shape index (κ2) is 10.0. The Labute approximate surface area is 82.8 Å². The van der Waals surface area contributed by atoms with Crippen LogP contribution in [0.4, 0.5) is 0 Å². The maximum atomic E-state index is 5.49. The number of rotatable bonds is 9. The molecular formula is C11H25NO. The van der Waals surface area contributed by atoms with E-state index in [1.165, 1.54) is 25.7 Å². The van der Waals surface area contributed by atoms with E-state index in [0.29, 0.717) is 0 Å². The van der Waals surface area contributed by atoms with E-state index in [1.54, 1.807) is 0 Å². The first-order valence-corrected chi connectivity index (χ1v) is 5.55. The Morgan fingerprint density at radius 1 is 1.00 bits per heavy atom. The van der Waals surface area contributed by atoms with Crippen molar-refractivity contribution < 1.29 is 4.74 Å². The molecule has 2 heteroatoms. The summed E-state index contributed by atoms with van der Waals surface area (Å²) in [6.45, 7) is 7.13. The number of hydrogen-bond acceptors (Lipinski definition) is 2. The molecule has 2 N–H and O–H groups in total. The summed E-state index contributed by atoms with van der Waals surface area (Å²) in [5.41, 5.74) is 5.39. The zero-order valence-corrected chi connectivity index (χ0v) is 9.22. The molecule has 13 heavy (non-hydrogen) atoms. The van der Waals surface area contributed by atoms with Crippen molar-refractivity contribution in [1.82, 2.24) is 0 Å². The van der Waals surface area contributed by atoms with Gasteiger partial charge in [0.2, 0.25) is 0 Å². The lowest BCUT2D eigenvalue weighted by Crippen LogP contribution is -2.01. The lowest BCUT2D eigenvalue weighted by atomic mass is 10.1. The number of ether oxygens (including phenoxy) is 1. The lowest BCUT2D eigenvalue weighted by Gasteiger charge is -2.05. The molecule has 2 nitrogen and oxygen atoms in total. The molecule has 0 aliphatic carbocycles. The van der Waals surface area contributed by atoms with Gasteiger partial charge in [-0.3, -0.25) is 0 Å². The molecule has 0 radical (unpaired) electrons. The van der Waals surface area contributed by atoms with Gasteiger partial charge in [0.15, 0.2) is 0 Å². The van der Waals surface area contributed by atoms with Gasteiger partial charge in [0.1, 0.15) is 0 Å². The highest BCUT2D eigenvalue weighted by Crippen LogP contribution is 2.01. The molecule has 0 heterocycles. The molecule has 0 bridgehead atoms. The van der Waals surface area contributed by atoms with Gasteiger partial charge in [-0.05, 0) is 31.7 Å². The monoisotopic (exact) mass is 187 g/mol. The Morgan fingerprint density at radius 2 is 1.69 bits per heavy atom. The van der Waals surface area contributed by atoms with E-state index in [0.717, 1.165) is 32.1 Å². The molecule has 0 amide bonds. The molecule has 0 aliphatic heterocycles. The Morgan fingerprint density at radius 3 is 2.31 bits per heavy atom. The third kappa shape index (κ3) is 11.9. The van der Waals surface area contributed by atoms with Crippen molar-refractivity contribution in [3.63, 3.8) is 0 Å². The molecular weight excluding hydrogens is 162 g/mol. The summed E-state index contributed by atoms with van der Waals surface area (Å²) in [7, 11) is 0. The van der Waals surface area contributed by atoms with Gasteiger partial charge in [0.25, 0.3) is 0 Å². The predicted molar refractivity (Wildman–Crippen MR) is 57.8 cm³/mol. The largest absolute Gasteiger partial charge is 0.381 e. The molecule has 0 saturated heterocycles. The second-order valence-corrected chi connectivity index (χ2v) is 4.00. The van der Waals surface area contributed by atoms with Gasteiger partial charge in [-0.25, -0.2) is 0 Å². The fraction of sp³-hybridized carbons (Fsp3) is 1.00. The molecule has 0 atom stereocenters. The van der Waals surface area contributed by atoms with Crippen molar-refractivity contribution in [2.24, 2.45) is 11.7 Å². The first kappa shape index (κ1) is 12.9. The van der Waals surface area contributed by atoms with Crippen LogP contribution in [0, 0.1) is 5.92 Å². The van der Waals surface area contributed by atoms with Gasteiger partial charge in [-0.15, -0.1) is 0 Å². The van der Waals surface area contributed by atoms with Crippen molar-refractivity contribution in [3.8, 4) is 0 Å². The SMILES string of the molecule is CC(C)CCOCCCCCCN. The Kier molecular flexibility index (Phi) is 9.94. The summed E-state index contributed by atoms with van der Waals surface area (Å²) in [5.74, 6) is 0.761. The molecule has 0 aliphatic rings. The van der Waals surface area contributed by atoms with Crippen LogP contribution < -0.4 is 5.73 Å². The van der Waals surface area contributed by atoms with E-state index in [9.17, 15) is 0 Å². The van der Waals surface area contributed by atoms with Crippen molar-refractivity contribution in [2.75, 3.05) is 19.8 Å². The first-order valence-electron chi connectivity index (χ1n) is 5.55. The predicted octanol–water partition coefficient (Wildman–Crippen LogP) is 2.57. The molecule has 0 saturated carbocycles. The highest BCUT2D eigenvalue weighted by Gasteiger charge is 1.93. The maximum Gasteiger partial charge on any atom is 0.0468 e. The lowest BCUT2D eigenvalue weighted by molar-refractivity contribution is 0.119. The van der Waals surface area contributed by atoms with Crippen LogP contribution in [0.2, 0.25) is 0 Å². The van der Waals surface area contributed by atoms with Crippen LogP contribution in [-0.4, -0.2) is 19.8 Å². The van der Waals surface area contributed by atoms with Gasteiger partial charge < -0.3 is 10.5 Å². The third-order valence-corrected chi connectivity index (χ3v) is 2.08. The minimum absolute atomic E-state index is 0.761. The first-order chi connectivity index (χ1) is 6.27. The fourth-order valence-corrected chi connectivity index (χ4v) is 1.12. The van der Waals surface area contributed by atoms with Crippen LogP contribution in [0.5, 0.6) is 0 Å². The number of nitrogens with two attached hydrogens (primary N) is 1. The summed E-state index contributed by atoms with van der Waals surface area (Å²) < 4.78 is 5.49. The standard InChI is InChI=1S/C11H25NO/c1-11(2)7-10-13-9-6-4-3-5-8-12/h11H,3-10,12H2,1-2H3. The summed E-state index contributed by atoms with van der Waals surface area (Å²) in [6, 6.07) is 0. The normalized spacial score (nSPS) is 11.1. The summed E-state index contributed by atoms with van der Waals surface area (Å²) in [6.07, 6.45) is 6.05. The molecule has 0 fully saturated rings. The maximum absolute atomic E-state index is 5.49. The summed E-state index contributed by atoms with van der Waals surface area (Å²) in [5, 5.41) is 0. The molecule has 0 spiro atoms.